The molecule has 1 unspecified atom stereocenters. The first-order chi connectivity index (χ1) is 15.4. The number of carbonyl (C=O) groups is 3. The maximum Gasteiger partial charge on any atom is 0.338 e. The molecule has 32 heavy (non-hydrogen) atoms. The second kappa shape index (κ2) is 10.4. The molecule has 11 nitrogen and oxygen atoms in total. The Kier molecular flexibility index (Phi) is 7.39. The van der Waals surface area contributed by atoms with E-state index in [9.17, 15) is 14.4 Å². The molecule has 1 aromatic heterocycles. The van der Waals surface area contributed by atoms with Crippen molar-refractivity contribution in [2.24, 2.45) is 10.2 Å². The number of carboxylic acid groups (broad SMARTS) is 1. The minimum atomic E-state index is -1.07. The molecule has 1 fully saturated rings. The fourth-order valence-electron chi connectivity index (χ4n) is 2.56. The van der Waals surface area contributed by atoms with Gasteiger partial charge in [-0.15, -0.1) is 5.10 Å². The Balaban J connectivity index is 1.70. The zero-order chi connectivity index (χ0) is 23.1. The third kappa shape index (κ3) is 5.82. The quantitative estimate of drug-likeness (QED) is 0.344. The summed E-state index contributed by atoms with van der Waals surface area (Å²) in [5, 5.41) is 18.6. The number of aliphatic carboxylic acids is 1. The normalized spacial score (nSPS) is 16.8. The van der Waals surface area contributed by atoms with Gasteiger partial charge in [-0.25, -0.2) is 9.78 Å². The zero-order valence-corrected chi connectivity index (χ0v) is 17.8. The molecular weight excluding hydrogens is 440 g/mol. The first-order valence-electron chi connectivity index (χ1n) is 9.10. The lowest BCUT2D eigenvalue weighted by atomic mass is 10.2. The lowest BCUT2D eigenvalue weighted by molar-refractivity contribution is -0.138. The third-order valence-corrected chi connectivity index (χ3v) is 5.12. The molecule has 12 heteroatoms. The van der Waals surface area contributed by atoms with Gasteiger partial charge in [0.2, 0.25) is 11.8 Å². The SMILES string of the molecule is COC(=O)c1ccnc(Oc2ccc(C=NN=C3NC(=O)C(CC(=O)O)S3)cc2OC)c1. The van der Waals surface area contributed by atoms with E-state index in [0.717, 1.165) is 11.8 Å². The minimum Gasteiger partial charge on any atom is -0.493 e. The molecular formula is C20H18N4O7S. The Bertz CT molecular complexity index is 1100. The molecule has 1 atom stereocenters. The maximum absolute atomic E-state index is 11.7. The van der Waals surface area contributed by atoms with Crippen molar-refractivity contribution in [1.82, 2.24) is 10.3 Å². The highest BCUT2D eigenvalue weighted by Gasteiger charge is 2.32. The first-order valence-corrected chi connectivity index (χ1v) is 9.98. The van der Waals surface area contributed by atoms with Crippen LogP contribution in [0.2, 0.25) is 0 Å². The molecule has 2 aromatic rings. The molecule has 3 rings (SSSR count). The van der Waals surface area contributed by atoms with Gasteiger partial charge in [-0.3, -0.25) is 9.59 Å². The molecule has 0 aliphatic carbocycles. The summed E-state index contributed by atoms with van der Waals surface area (Å²) in [4.78, 5) is 38.2. The van der Waals surface area contributed by atoms with Crippen molar-refractivity contribution in [3.63, 3.8) is 0 Å². The van der Waals surface area contributed by atoms with Crippen molar-refractivity contribution >= 4 is 41.0 Å². The number of benzene rings is 1. The van der Waals surface area contributed by atoms with Gasteiger partial charge in [-0.1, -0.05) is 11.8 Å². The minimum absolute atomic E-state index is 0.184. The van der Waals surface area contributed by atoms with E-state index in [1.54, 1.807) is 18.2 Å². The van der Waals surface area contributed by atoms with Gasteiger partial charge in [0.1, 0.15) is 5.25 Å². The molecule has 0 spiro atoms. The zero-order valence-electron chi connectivity index (χ0n) is 17.0. The number of thioether (sulfide) groups is 1. The summed E-state index contributed by atoms with van der Waals surface area (Å²) in [5.41, 5.74) is 0.924. The third-order valence-electron chi connectivity index (χ3n) is 4.05. The van der Waals surface area contributed by atoms with Gasteiger partial charge in [0.05, 0.1) is 32.4 Å². The Hall–Kier alpha value is -3.93. The molecule has 0 radical (unpaired) electrons. The fourth-order valence-corrected chi connectivity index (χ4v) is 3.48. The predicted octanol–water partition coefficient (Wildman–Crippen LogP) is 2.07. The fraction of sp³-hybridized carbons (Fsp3) is 0.200. The number of hydrogen-bond acceptors (Lipinski definition) is 10. The summed E-state index contributed by atoms with van der Waals surface area (Å²) in [6.45, 7) is 0. The monoisotopic (exact) mass is 458 g/mol. The van der Waals surface area contributed by atoms with Crippen LogP contribution in [0.25, 0.3) is 0 Å². The Morgan fingerprint density at radius 1 is 1.25 bits per heavy atom. The number of ether oxygens (including phenoxy) is 3. The molecule has 0 bridgehead atoms. The summed E-state index contributed by atoms with van der Waals surface area (Å²) in [5.74, 6) is -1.06. The van der Waals surface area contributed by atoms with Crippen LogP contribution in [-0.4, -0.2) is 58.8 Å². The Labute approximate surface area is 186 Å². The van der Waals surface area contributed by atoms with Crippen LogP contribution in [0, 0.1) is 0 Å². The molecule has 1 aliphatic heterocycles. The second-order valence-electron chi connectivity index (χ2n) is 6.23. The number of amidine groups is 1. The van der Waals surface area contributed by atoms with E-state index >= 15 is 0 Å². The van der Waals surface area contributed by atoms with E-state index in [1.807, 2.05) is 0 Å². The highest BCUT2D eigenvalue weighted by atomic mass is 32.2. The first kappa shape index (κ1) is 22.7. The Morgan fingerprint density at radius 2 is 2.06 bits per heavy atom. The number of nitrogens with one attached hydrogen (secondary N) is 1. The smallest absolute Gasteiger partial charge is 0.338 e. The second-order valence-corrected chi connectivity index (χ2v) is 7.42. The van der Waals surface area contributed by atoms with Crippen LogP contribution >= 0.6 is 11.8 Å². The van der Waals surface area contributed by atoms with Crippen molar-refractivity contribution in [1.29, 1.82) is 0 Å². The van der Waals surface area contributed by atoms with E-state index in [0.29, 0.717) is 22.6 Å². The lowest BCUT2D eigenvalue weighted by Crippen LogP contribution is -2.26. The van der Waals surface area contributed by atoms with Gasteiger partial charge in [-0.2, -0.15) is 5.10 Å². The largest absolute Gasteiger partial charge is 0.493 e. The van der Waals surface area contributed by atoms with Gasteiger partial charge in [0.25, 0.3) is 0 Å². The van der Waals surface area contributed by atoms with Gasteiger partial charge >= 0.3 is 11.9 Å². The van der Waals surface area contributed by atoms with Crippen LogP contribution in [-0.2, 0) is 14.3 Å². The number of hydrogen-bond donors (Lipinski definition) is 2. The molecule has 166 valence electrons. The van der Waals surface area contributed by atoms with Crippen LogP contribution in [0.5, 0.6) is 17.4 Å². The van der Waals surface area contributed by atoms with Crippen molar-refractivity contribution in [2.45, 2.75) is 11.7 Å². The van der Waals surface area contributed by atoms with Crippen molar-refractivity contribution in [2.75, 3.05) is 14.2 Å². The molecule has 1 aromatic carbocycles. The van der Waals surface area contributed by atoms with E-state index in [1.165, 1.54) is 38.8 Å². The number of nitrogens with zero attached hydrogens (tertiary/aromatic N) is 3. The summed E-state index contributed by atoms with van der Waals surface area (Å²) < 4.78 is 15.7. The van der Waals surface area contributed by atoms with E-state index in [2.05, 4.69) is 25.2 Å². The van der Waals surface area contributed by atoms with Gasteiger partial charge < -0.3 is 24.6 Å². The standard InChI is InChI=1S/C20H18N4O7S/c1-29-14-7-11(10-22-24-20-23-18(27)15(32-20)9-17(25)26)3-4-13(14)31-16-8-12(5-6-21-16)19(28)30-2/h3-8,10,15H,9H2,1-2H3,(H,25,26)(H,23,24,27). The van der Waals surface area contributed by atoms with Crippen LogP contribution in [0.15, 0.2) is 46.7 Å². The number of esters is 1. The highest BCUT2D eigenvalue weighted by Crippen LogP contribution is 2.31. The van der Waals surface area contributed by atoms with E-state index in [-0.39, 0.29) is 17.5 Å². The molecule has 2 N–H and O–H groups in total. The number of pyridine rings is 1. The molecule has 1 aliphatic rings. The highest BCUT2D eigenvalue weighted by molar-refractivity contribution is 8.15. The van der Waals surface area contributed by atoms with Gasteiger partial charge in [0.15, 0.2) is 16.7 Å². The van der Waals surface area contributed by atoms with Crippen molar-refractivity contribution in [3.8, 4) is 17.4 Å². The number of methoxy groups -OCH3 is 2. The van der Waals surface area contributed by atoms with Crippen LogP contribution in [0.4, 0.5) is 0 Å². The topological polar surface area (TPSA) is 149 Å². The molecule has 0 saturated carbocycles. The van der Waals surface area contributed by atoms with Crippen LogP contribution < -0.4 is 14.8 Å². The Morgan fingerprint density at radius 3 is 2.78 bits per heavy atom. The summed E-state index contributed by atoms with van der Waals surface area (Å²) >= 11 is 1.01. The average Bonchev–Trinajstić information content (AvgIpc) is 3.12. The predicted molar refractivity (Wildman–Crippen MR) is 115 cm³/mol. The lowest BCUT2D eigenvalue weighted by Gasteiger charge is -2.10. The van der Waals surface area contributed by atoms with E-state index < -0.39 is 23.1 Å². The van der Waals surface area contributed by atoms with Gasteiger partial charge in [0, 0.05) is 12.3 Å². The number of carboxylic acids is 1. The summed E-state index contributed by atoms with van der Waals surface area (Å²) in [6, 6.07) is 7.93. The van der Waals surface area contributed by atoms with Crippen molar-refractivity contribution in [3.05, 3.63) is 47.7 Å². The van der Waals surface area contributed by atoms with Crippen molar-refractivity contribution < 1.29 is 33.7 Å². The number of aromatic nitrogens is 1. The summed E-state index contributed by atoms with van der Waals surface area (Å²) in [6.07, 6.45) is 2.57. The number of rotatable bonds is 8. The molecule has 1 amide bonds. The molecule has 1 saturated heterocycles. The van der Waals surface area contributed by atoms with Crippen LogP contribution in [0.3, 0.4) is 0 Å². The van der Waals surface area contributed by atoms with Crippen LogP contribution in [0.1, 0.15) is 22.3 Å². The molecule has 2 heterocycles. The summed E-state index contributed by atoms with van der Waals surface area (Å²) in [7, 11) is 2.75. The number of amides is 1. The average molecular weight is 458 g/mol. The number of carbonyl (C=O) groups excluding carboxylic acids is 2. The maximum atomic E-state index is 11.7. The van der Waals surface area contributed by atoms with Gasteiger partial charge in [-0.05, 0) is 29.8 Å². The van der Waals surface area contributed by atoms with E-state index in [4.69, 9.17) is 14.6 Å².